The molecule has 0 radical (unpaired) electrons. The van der Waals surface area contributed by atoms with Gasteiger partial charge in [-0.3, -0.25) is 4.79 Å². The second-order valence-electron chi connectivity index (χ2n) is 6.65. The molecule has 4 nitrogen and oxygen atoms in total. The predicted molar refractivity (Wildman–Crippen MR) is 103 cm³/mol. The number of amides is 1. The van der Waals surface area contributed by atoms with Gasteiger partial charge in [0.1, 0.15) is 11.5 Å². The van der Waals surface area contributed by atoms with Gasteiger partial charge in [-0.25, -0.2) is 4.39 Å². The van der Waals surface area contributed by atoms with E-state index in [4.69, 9.17) is 11.6 Å². The molecule has 26 heavy (non-hydrogen) atoms. The number of aromatic nitrogens is 1. The number of carbonyl (C=O) groups excluding carboxylic acids is 1. The highest BCUT2D eigenvalue weighted by Gasteiger charge is 2.24. The SMILES string of the molecule is Cc1ccc(N2CCN(C(=O)c3cc4cc(Cl)ccc4[nH]3)CC2)c(F)c1. The Labute approximate surface area is 156 Å². The van der Waals surface area contributed by atoms with Crippen LogP contribution < -0.4 is 4.90 Å². The van der Waals surface area contributed by atoms with Crippen LogP contribution in [0.1, 0.15) is 16.1 Å². The van der Waals surface area contributed by atoms with Gasteiger partial charge in [0.05, 0.1) is 5.69 Å². The maximum atomic E-state index is 14.2. The fraction of sp³-hybridized carbons (Fsp3) is 0.250. The van der Waals surface area contributed by atoms with Crippen LogP contribution in [-0.2, 0) is 0 Å². The number of hydrogen-bond acceptors (Lipinski definition) is 2. The third-order valence-electron chi connectivity index (χ3n) is 4.82. The number of aryl methyl sites for hydroxylation is 1. The number of piperazine rings is 1. The highest BCUT2D eigenvalue weighted by atomic mass is 35.5. The summed E-state index contributed by atoms with van der Waals surface area (Å²) in [5.74, 6) is -0.251. The Morgan fingerprint density at radius 2 is 1.85 bits per heavy atom. The lowest BCUT2D eigenvalue weighted by molar-refractivity contribution is 0.0741. The van der Waals surface area contributed by atoms with Crippen molar-refractivity contribution in [2.75, 3.05) is 31.1 Å². The van der Waals surface area contributed by atoms with Crippen molar-refractivity contribution in [3.8, 4) is 0 Å². The van der Waals surface area contributed by atoms with Crippen LogP contribution in [0.4, 0.5) is 10.1 Å². The molecule has 0 aliphatic carbocycles. The van der Waals surface area contributed by atoms with Gasteiger partial charge in [0.2, 0.25) is 0 Å². The number of carbonyl (C=O) groups is 1. The zero-order valence-electron chi connectivity index (χ0n) is 14.4. The van der Waals surface area contributed by atoms with Crippen LogP contribution in [0.25, 0.3) is 10.9 Å². The van der Waals surface area contributed by atoms with Gasteiger partial charge in [-0.2, -0.15) is 0 Å². The van der Waals surface area contributed by atoms with Gasteiger partial charge < -0.3 is 14.8 Å². The highest BCUT2D eigenvalue weighted by molar-refractivity contribution is 6.31. The van der Waals surface area contributed by atoms with Gasteiger partial charge in [-0.05, 0) is 48.9 Å². The second kappa shape index (κ2) is 6.65. The Morgan fingerprint density at radius 1 is 1.08 bits per heavy atom. The zero-order valence-corrected chi connectivity index (χ0v) is 15.2. The molecule has 0 atom stereocenters. The molecule has 3 aromatic rings. The summed E-state index contributed by atoms with van der Waals surface area (Å²) in [5.41, 5.74) is 2.94. The van der Waals surface area contributed by atoms with Gasteiger partial charge in [0, 0.05) is 42.1 Å². The molecule has 1 amide bonds. The molecule has 2 aromatic carbocycles. The van der Waals surface area contributed by atoms with Gasteiger partial charge in [0.15, 0.2) is 0 Å². The fourth-order valence-corrected chi connectivity index (χ4v) is 3.59. The number of benzene rings is 2. The van der Waals surface area contributed by atoms with E-state index in [0.717, 1.165) is 16.5 Å². The van der Waals surface area contributed by atoms with Crippen molar-refractivity contribution in [3.63, 3.8) is 0 Å². The van der Waals surface area contributed by atoms with Crippen LogP contribution in [0.3, 0.4) is 0 Å². The van der Waals surface area contributed by atoms with E-state index in [1.165, 1.54) is 0 Å². The Hall–Kier alpha value is -2.53. The summed E-state index contributed by atoms with van der Waals surface area (Å²) in [5, 5.41) is 1.56. The standard InChI is InChI=1S/C20H19ClFN3O/c1-13-2-5-19(16(22)10-13)24-6-8-25(9-7-24)20(26)18-12-14-11-15(21)3-4-17(14)23-18/h2-5,10-12,23H,6-9H2,1H3. The van der Waals surface area contributed by atoms with Crippen LogP contribution in [-0.4, -0.2) is 42.0 Å². The van der Waals surface area contributed by atoms with E-state index in [2.05, 4.69) is 4.98 Å². The lowest BCUT2D eigenvalue weighted by atomic mass is 10.2. The van der Waals surface area contributed by atoms with Crippen molar-refractivity contribution in [2.24, 2.45) is 0 Å². The topological polar surface area (TPSA) is 39.3 Å². The summed E-state index contributed by atoms with van der Waals surface area (Å²) < 4.78 is 14.2. The lowest BCUT2D eigenvalue weighted by Crippen LogP contribution is -2.49. The quantitative estimate of drug-likeness (QED) is 0.732. The highest BCUT2D eigenvalue weighted by Crippen LogP contribution is 2.24. The minimum Gasteiger partial charge on any atom is -0.366 e. The van der Waals surface area contributed by atoms with Crippen LogP contribution in [0.15, 0.2) is 42.5 Å². The molecule has 1 fully saturated rings. The van der Waals surface area contributed by atoms with E-state index in [1.54, 1.807) is 17.0 Å². The van der Waals surface area contributed by atoms with E-state index >= 15 is 0 Å². The predicted octanol–water partition coefficient (Wildman–Crippen LogP) is 4.23. The number of nitrogens with zero attached hydrogens (tertiary/aromatic N) is 2. The molecule has 0 saturated carbocycles. The number of anilines is 1. The first kappa shape index (κ1) is 16.9. The maximum absolute atomic E-state index is 14.2. The minimum atomic E-state index is -0.211. The summed E-state index contributed by atoms with van der Waals surface area (Å²) in [7, 11) is 0. The number of rotatable bonds is 2. The fourth-order valence-electron chi connectivity index (χ4n) is 3.41. The number of fused-ring (bicyclic) bond motifs is 1. The smallest absolute Gasteiger partial charge is 0.270 e. The van der Waals surface area contributed by atoms with Crippen molar-refractivity contribution in [3.05, 3.63) is 64.6 Å². The Morgan fingerprint density at radius 3 is 2.58 bits per heavy atom. The van der Waals surface area contributed by atoms with Gasteiger partial charge in [-0.15, -0.1) is 0 Å². The molecule has 6 heteroatoms. The third kappa shape index (κ3) is 3.15. The van der Waals surface area contributed by atoms with Crippen molar-refractivity contribution >= 4 is 34.1 Å². The van der Waals surface area contributed by atoms with Crippen LogP contribution >= 0.6 is 11.6 Å². The van der Waals surface area contributed by atoms with Crippen LogP contribution in [0, 0.1) is 12.7 Å². The molecule has 0 bridgehead atoms. The molecular weight excluding hydrogens is 353 g/mol. The molecule has 0 spiro atoms. The number of nitrogens with one attached hydrogen (secondary N) is 1. The lowest BCUT2D eigenvalue weighted by Gasteiger charge is -2.36. The molecular formula is C20H19ClFN3O. The maximum Gasteiger partial charge on any atom is 0.270 e. The van der Waals surface area contributed by atoms with Crippen LogP contribution in [0.2, 0.25) is 5.02 Å². The van der Waals surface area contributed by atoms with Crippen molar-refractivity contribution in [1.82, 2.24) is 9.88 Å². The third-order valence-corrected chi connectivity index (χ3v) is 5.06. The van der Waals surface area contributed by atoms with E-state index in [0.29, 0.717) is 42.6 Å². The average Bonchev–Trinajstić information content (AvgIpc) is 3.04. The molecule has 1 aromatic heterocycles. The second-order valence-corrected chi connectivity index (χ2v) is 7.09. The van der Waals surface area contributed by atoms with Crippen LogP contribution in [0.5, 0.6) is 0 Å². The minimum absolute atomic E-state index is 0.0404. The summed E-state index contributed by atoms with van der Waals surface area (Å²) >= 11 is 6.01. The van der Waals surface area contributed by atoms with Gasteiger partial charge in [-0.1, -0.05) is 17.7 Å². The van der Waals surface area contributed by atoms with Gasteiger partial charge >= 0.3 is 0 Å². The molecule has 1 N–H and O–H groups in total. The number of H-pyrrole nitrogens is 1. The normalized spacial score (nSPS) is 14.9. The summed E-state index contributed by atoms with van der Waals surface area (Å²) in [6.07, 6.45) is 0. The Bertz CT molecular complexity index is 976. The van der Waals surface area contributed by atoms with Gasteiger partial charge in [0.25, 0.3) is 5.91 Å². The first-order chi connectivity index (χ1) is 12.5. The summed E-state index contributed by atoms with van der Waals surface area (Å²) in [6, 6.07) is 12.6. The molecule has 134 valence electrons. The zero-order chi connectivity index (χ0) is 18.3. The van der Waals surface area contributed by atoms with Crippen molar-refractivity contribution in [1.29, 1.82) is 0 Å². The molecule has 1 saturated heterocycles. The molecule has 4 rings (SSSR count). The summed E-state index contributed by atoms with van der Waals surface area (Å²) in [6.45, 7) is 4.21. The average molecular weight is 372 g/mol. The van der Waals surface area contributed by atoms with E-state index < -0.39 is 0 Å². The van der Waals surface area contributed by atoms with E-state index in [9.17, 15) is 9.18 Å². The molecule has 2 heterocycles. The number of hydrogen-bond donors (Lipinski definition) is 1. The monoisotopic (exact) mass is 371 g/mol. The largest absolute Gasteiger partial charge is 0.366 e. The number of halogens is 2. The van der Waals surface area contributed by atoms with Crippen molar-refractivity contribution < 1.29 is 9.18 Å². The Kier molecular flexibility index (Phi) is 4.32. The Balaban J connectivity index is 1.47. The van der Waals surface area contributed by atoms with Crippen molar-refractivity contribution in [2.45, 2.75) is 6.92 Å². The first-order valence-electron chi connectivity index (χ1n) is 8.60. The van der Waals surface area contributed by atoms with E-state index in [1.807, 2.05) is 42.2 Å². The first-order valence-corrected chi connectivity index (χ1v) is 8.98. The molecule has 1 aliphatic rings. The number of aromatic amines is 1. The van der Waals surface area contributed by atoms with E-state index in [-0.39, 0.29) is 11.7 Å². The summed E-state index contributed by atoms with van der Waals surface area (Å²) in [4.78, 5) is 19.7. The molecule has 0 unspecified atom stereocenters. The molecule has 1 aliphatic heterocycles.